The van der Waals surface area contributed by atoms with Crippen molar-refractivity contribution < 1.29 is 38.8 Å². The van der Waals surface area contributed by atoms with Gasteiger partial charge in [0.05, 0.1) is 32.3 Å². The summed E-state index contributed by atoms with van der Waals surface area (Å²) in [5, 5.41) is 33.4. The molecule has 210 valence electrons. The monoisotopic (exact) mass is 542 g/mol. The number of carbonyl (C=O) groups is 2. The van der Waals surface area contributed by atoms with E-state index in [1.807, 2.05) is 6.92 Å². The van der Waals surface area contributed by atoms with E-state index in [0.29, 0.717) is 34.6 Å². The van der Waals surface area contributed by atoms with Crippen molar-refractivity contribution in [2.45, 2.75) is 63.5 Å². The molecule has 2 aliphatic rings. The number of aliphatic hydroxyl groups is 3. The van der Waals surface area contributed by atoms with Gasteiger partial charge in [-0.2, -0.15) is 0 Å². The Kier molecular flexibility index (Phi) is 9.21. The Balaban J connectivity index is 1.80. The molecule has 0 saturated heterocycles. The maximum absolute atomic E-state index is 13.6. The van der Waals surface area contributed by atoms with E-state index in [0.717, 1.165) is 6.42 Å². The van der Waals surface area contributed by atoms with E-state index in [1.54, 1.807) is 30.3 Å². The third-order valence-electron chi connectivity index (χ3n) is 7.19. The van der Waals surface area contributed by atoms with Crippen LogP contribution in [0.25, 0.3) is 0 Å². The van der Waals surface area contributed by atoms with Crippen molar-refractivity contribution in [1.29, 1.82) is 0 Å². The molecule has 1 aliphatic carbocycles. The highest BCUT2D eigenvalue weighted by Gasteiger charge is 2.51. The number of benzene rings is 2. The fraction of sp³-hybridized carbons (Fsp3) is 0.448. The van der Waals surface area contributed by atoms with Crippen molar-refractivity contribution in [2.24, 2.45) is 0 Å². The second kappa shape index (κ2) is 12.6. The number of carbonyl (C=O) groups excluding carboxylic acids is 2. The largest absolute Gasteiger partial charge is 0.493 e. The number of nitrogens with one attached hydrogen (secondary N) is 1. The number of methoxy groups -OCH3 is 1. The quantitative estimate of drug-likeness (QED) is 0.343. The van der Waals surface area contributed by atoms with Crippen molar-refractivity contribution in [3.05, 3.63) is 70.6 Å². The Morgan fingerprint density at radius 1 is 1.15 bits per heavy atom. The maximum Gasteiger partial charge on any atom is 0.247 e. The fourth-order valence-electron chi connectivity index (χ4n) is 5.24. The molecule has 2 amide bonds. The van der Waals surface area contributed by atoms with Crippen LogP contribution in [0.4, 0.5) is 4.39 Å². The summed E-state index contributed by atoms with van der Waals surface area (Å²) in [5.74, 6) is -1.09. The van der Waals surface area contributed by atoms with Crippen LogP contribution in [0, 0.1) is 5.82 Å². The Bertz CT molecular complexity index is 1220. The summed E-state index contributed by atoms with van der Waals surface area (Å²) in [6.45, 7) is 1.55. The molecule has 9 nitrogen and oxygen atoms in total. The summed E-state index contributed by atoms with van der Waals surface area (Å²) in [6, 6.07) is 8.19. The van der Waals surface area contributed by atoms with E-state index in [4.69, 9.17) is 9.47 Å². The molecule has 4 atom stereocenters. The average Bonchev–Trinajstić information content (AvgIpc) is 3.34. The molecule has 0 saturated carbocycles. The number of aliphatic hydroxyl groups excluding tert-OH is 3. The lowest BCUT2D eigenvalue weighted by atomic mass is 9.77. The summed E-state index contributed by atoms with van der Waals surface area (Å²) < 4.78 is 25.3. The normalized spacial score (nSPS) is 21.3. The highest BCUT2D eigenvalue weighted by Crippen LogP contribution is 2.51. The van der Waals surface area contributed by atoms with Crippen molar-refractivity contribution >= 4 is 11.8 Å². The molecule has 10 heteroatoms. The lowest BCUT2D eigenvalue weighted by molar-refractivity contribution is -0.138. The fourth-order valence-corrected chi connectivity index (χ4v) is 5.24. The molecule has 39 heavy (non-hydrogen) atoms. The minimum Gasteiger partial charge on any atom is -0.493 e. The number of rotatable bonds is 11. The zero-order valence-electron chi connectivity index (χ0n) is 22.1. The van der Waals surface area contributed by atoms with Gasteiger partial charge < -0.3 is 35.0 Å². The van der Waals surface area contributed by atoms with Gasteiger partial charge >= 0.3 is 0 Å². The molecule has 2 aromatic carbocycles. The summed E-state index contributed by atoms with van der Waals surface area (Å²) in [7, 11) is 1.46. The van der Waals surface area contributed by atoms with Crippen LogP contribution in [0.5, 0.6) is 11.5 Å². The zero-order chi connectivity index (χ0) is 28.1. The predicted octanol–water partition coefficient (Wildman–Crippen LogP) is 2.17. The summed E-state index contributed by atoms with van der Waals surface area (Å²) in [6.07, 6.45) is 1.12. The Hall–Kier alpha value is -3.47. The third-order valence-corrected chi connectivity index (χ3v) is 7.19. The van der Waals surface area contributed by atoms with Crippen LogP contribution in [0.1, 0.15) is 48.8 Å². The van der Waals surface area contributed by atoms with Crippen molar-refractivity contribution in [1.82, 2.24) is 10.2 Å². The van der Waals surface area contributed by atoms with Gasteiger partial charge in [-0.1, -0.05) is 25.5 Å². The predicted molar refractivity (Wildman–Crippen MR) is 141 cm³/mol. The molecular formula is C29H35FN2O7. The molecule has 1 aliphatic heterocycles. The number of halogens is 1. The van der Waals surface area contributed by atoms with Crippen LogP contribution in [0.2, 0.25) is 0 Å². The van der Waals surface area contributed by atoms with E-state index in [1.165, 1.54) is 24.1 Å². The van der Waals surface area contributed by atoms with Crippen LogP contribution >= 0.6 is 0 Å². The highest BCUT2D eigenvalue weighted by molar-refractivity contribution is 5.96. The van der Waals surface area contributed by atoms with Gasteiger partial charge in [0.15, 0.2) is 11.5 Å². The smallest absolute Gasteiger partial charge is 0.247 e. The minimum atomic E-state index is -1.22. The first-order chi connectivity index (χ1) is 18.8. The van der Waals surface area contributed by atoms with Crippen molar-refractivity contribution in [3.8, 4) is 11.5 Å². The highest BCUT2D eigenvalue weighted by atomic mass is 19.1. The second-order valence-electron chi connectivity index (χ2n) is 9.77. The number of ether oxygens (including phenoxy) is 2. The summed E-state index contributed by atoms with van der Waals surface area (Å²) >= 11 is 0. The molecule has 0 radical (unpaired) electrons. The number of unbranched alkanes of at least 4 members (excludes halogenated alkanes) is 1. The van der Waals surface area contributed by atoms with Crippen molar-refractivity contribution in [2.75, 3.05) is 20.3 Å². The van der Waals surface area contributed by atoms with Crippen LogP contribution < -0.4 is 14.8 Å². The van der Waals surface area contributed by atoms with Crippen molar-refractivity contribution in [3.63, 3.8) is 0 Å². The first-order valence-electron chi connectivity index (χ1n) is 13.1. The second-order valence-corrected chi connectivity index (χ2v) is 9.77. The van der Waals surface area contributed by atoms with E-state index < -0.39 is 35.9 Å². The summed E-state index contributed by atoms with van der Waals surface area (Å²) in [4.78, 5) is 28.3. The molecule has 1 heterocycles. The third kappa shape index (κ3) is 5.93. The van der Waals surface area contributed by atoms with Gasteiger partial charge in [0.2, 0.25) is 11.8 Å². The Labute approximate surface area is 226 Å². The number of hydrogen-bond donors (Lipinski definition) is 4. The van der Waals surface area contributed by atoms with Gasteiger partial charge in [-0.3, -0.25) is 9.59 Å². The van der Waals surface area contributed by atoms with Crippen LogP contribution in [0.15, 0.2) is 48.0 Å². The standard InChI is InChI=1S/C29H35FN2O7/c1-3-4-5-24(35)32(15-17-6-8-19(30)9-7-17)22-14-21(29(37)31-10-11-33)25-20-12-18(16-34)13-23(38-2)27(20)39-28(25)26(22)36/h6-9,12-14,22,25-26,28,33-34,36H,3-5,10-11,15-16H2,1-2H3,(H,31,37)/t22-,25+,26+,28+/m1/s1. The first kappa shape index (κ1) is 28.5. The molecule has 0 fully saturated rings. The number of hydrogen-bond acceptors (Lipinski definition) is 7. The van der Waals surface area contributed by atoms with Gasteiger partial charge in [-0.25, -0.2) is 4.39 Å². The van der Waals surface area contributed by atoms with E-state index >= 15 is 0 Å². The summed E-state index contributed by atoms with van der Waals surface area (Å²) in [5.41, 5.74) is 2.06. The molecular weight excluding hydrogens is 507 g/mol. The first-order valence-corrected chi connectivity index (χ1v) is 13.1. The Morgan fingerprint density at radius 3 is 2.54 bits per heavy atom. The molecule has 0 aromatic heterocycles. The number of fused-ring (bicyclic) bond motifs is 3. The van der Waals surface area contributed by atoms with Gasteiger partial charge in [0, 0.05) is 30.6 Å². The number of amides is 2. The molecule has 0 bridgehead atoms. The topological polar surface area (TPSA) is 129 Å². The van der Waals surface area contributed by atoms with E-state index in [-0.39, 0.29) is 44.2 Å². The van der Waals surface area contributed by atoms with E-state index in [2.05, 4.69) is 5.32 Å². The van der Waals surface area contributed by atoms with E-state index in [9.17, 15) is 29.3 Å². The van der Waals surface area contributed by atoms with Gasteiger partial charge in [0.25, 0.3) is 0 Å². The average molecular weight is 543 g/mol. The van der Waals surface area contributed by atoms with Crippen LogP contribution in [-0.4, -0.2) is 70.5 Å². The molecule has 4 rings (SSSR count). The SMILES string of the molecule is CCCCC(=O)N(Cc1ccc(F)cc1)[C@@H]1C=C(C(=O)NCCO)[C@@H]2c3cc(CO)cc(OC)c3O[C@@H]2[C@H]1O. The zero-order valence-corrected chi connectivity index (χ0v) is 22.1. The minimum absolute atomic E-state index is 0.0171. The number of nitrogens with zero attached hydrogens (tertiary/aromatic N) is 1. The molecule has 0 unspecified atom stereocenters. The molecule has 2 aromatic rings. The molecule has 0 spiro atoms. The Morgan fingerprint density at radius 2 is 1.90 bits per heavy atom. The lowest BCUT2D eigenvalue weighted by Gasteiger charge is -2.41. The maximum atomic E-state index is 13.6. The van der Waals surface area contributed by atoms with Gasteiger partial charge in [-0.05, 0) is 47.9 Å². The molecule has 4 N–H and O–H groups in total. The van der Waals surface area contributed by atoms with Crippen LogP contribution in [0.3, 0.4) is 0 Å². The van der Waals surface area contributed by atoms with Gasteiger partial charge in [-0.15, -0.1) is 0 Å². The van der Waals surface area contributed by atoms with Gasteiger partial charge in [0.1, 0.15) is 18.0 Å². The van der Waals surface area contributed by atoms with Crippen LogP contribution in [-0.2, 0) is 22.7 Å². The lowest BCUT2D eigenvalue weighted by Crippen LogP contribution is -2.55.